The first-order valence-corrected chi connectivity index (χ1v) is 10.6. The molecule has 30 heavy (non-hydrogen) atoms. The molecule has 0 bridgehead atoms. The van der Waals surface area contributed by atoms with Gasteiger partial charge in [-0.15, -0.1) is 0 Å². The highest BCUT2D eigenvalue weighted by Gasteiger charge is 2.15. The summed E-state index contributed by atoms with van der Waals surface area (Å²) in [4.78, 5) is 15.3. The second kappa shape index (κ2) is 9.48. The van der Waals surface area contributed by atoms with Crippen molar-refractivity contribution in [3.63, 3.8) is 0 Å². The summed E-state index contributed by atoms with van der Waals surface area (Å²) in [5.41, 5.74) is 3.32. The molecule has 0 saturated heterocycles. The van der Waals surface area contributed by atoms with E-state index in [1.165, 1.54) is 17.4 Å². The molecular formula is C25H21Cl2NO2. The van der Waals surface area contributed by atoms with Crippen LogP contribution in [0.15, 0.2) is 88.3 Å². The van der Waals surface area contributed by atoms with Crippen LogP contribution in [-0.2, 0) is 19.5 Å². The lowest BCUT2D eigenvalue weighted by Crippen LogP contribution is -2.28. The van der Waals surface area contributed by atoms with Crippen molar-refractivity contribution in [2.45, 2.75) is 19.5 Å². The third-order valence-electron chi connectivity index (χ3n) is 5.07. The summed E-state index contributed by atoms with van der Waals surface area (Å²) in [7, 11) is 0. The molecule has 0 amide bonds. The summed E-state index contributed by atoms with van der Waals surface area (Å²) in [6, 6.07) is 23.8. The van der Waals surface area contributed by atoms with Gasteiger partial charge >= 0.3 is 0 Å². The van der Waals surface area contributed by atoms with Gasteiger partial charge in [0.15, 0.2) is 11.0 Å². The molecule has 1 heterocycles. The zero-order chi connectivity index (χ0) is 20.9. The van der Waals surface area contributed by atoms with E-state index in [0.29, 0.717) is 33.1 Å². The van der Waals surface area contributed by atoms with Gasteiger partial charge < -0.3 is 4.42 Å². The zero-order valence-electron chi connectivity index (χ0n) is 16.4. The summed E-state index contributed by atoms with van der Waals surface area (Å²) in [6.07, 6.45) is 2.41. The van der Waals surface area contributed by atoms with Crippen molar-refractivity contribution in [3.05, 3.63) is 116 Å². The summed E-state index contributed by atoms with van der Waals surface area (Å²) in [6.45, 7) is 2.03. The quantitative estimate of drug-likeness (QED) is 0.337. The van der Waals surface area contributed by atoms with Crippen molar-refractivity contribution in [2.75, 3.05) is 6.54 Å². The highest BCUT2D eigenvalue weighted by molar-refractivity contribution is 6.38. The van der Waals surface area contributed by atoms with E-state index in [0.717, 1.165) is 19.5 Å². The Hall–Kier alpha value is -2.59. The molecule has 4 aromatic rings. The fourth-order valence-electron chi connectivity index (χ4n) is 3.54. The Bertz CT molecular complexity index is 1190. The smallest absolute Gasteiger partial charge is 0.197 e. The van der Waals surface area contributed by atoms with E-state index in [4.69, 9.17) is 27.6 Å². The van der Waals surface area contributed by atoms with E-state index in [1.54, 1.807) is 12.1 Å². The molecule has 0 saturated carbocycles. The Morgan fingerprint density at radius 3 is 2.20 bits per heavy atom. The summed E-state index contributed by atoms with van der Waals surface area (Å²) < 4.78 is 5.71. The van der Waals surface area contributed by atoms with Gasteiger partial charge in [0, 0.05) is 30.2 Å². The summed E-state index contributed by atoms with van der Waals surface area (Å²) in [5, 5.41) is 1.17. The van der Waals surface area contributed by atoms with Gasteiger partial charge in [0.05, 0.1) is 16.7 Å². The maximum atomic E-state index is 13.1. The molecule has 4 rings (SSSR count). The standard InChI is InChI=1S/C25H21Cl2NO2/c26-21-13-22-24(29)20(17-30-25(22)23(27)14-21)16-28(15-19-9-5-2-6-10-19)12-11-18-7-3-1-4-8-18/h1-10,13-14,17H,11-12,15-16H2. The molecule has 0 unspecified atom stereocenters. The van der Waals surface area contributed by atoms with Gasteiger partial charge in [-0.05, 0) is 29.7 Å². The van der Waals surface area contributed by atoms with Crippen molar-refractivity contribution in [1.29, 1.82) is 0 Å². The zero-order valence-corrected chi connectivity index (χ0v) is 17.9. The normalized spacial score (nSPS) is 11.3. The van der Waals surface area contributed by atoms with Crippen molar-refractivity contribution in [1.82, 2.24) is 4.90 Å². The minimum atomic E-state index is -0.0987. The molecule has 0 radical (unpaired) electrons. The van der Waals surface area contributed by atoms with E-state index >= 15 is 0 Å². The summed E-state index contributed by atoms with van der Waals surface area (Å²) in [5.74, 6) is 0. The minimum Gasteiger partial charge on any atom is -0.462 e. The van der Waals surface area contributed by atoms with Crippen LogP contribution in [0.4, 0.5) is 0 Å². The number of hydrogen-bond acceptors (Lipinski definition) is 3. The average molecular weight is 438 g/mol. The third kappa shape index (κ3) is 4.93. The monoisotopic (exact) mass is 437 g/mol. The van der Waals surface area contributed by atoms with Crippen molar-refractivity contribution in [3.8, 4) is 0 Å². The van der Waals surface area contributed by atoms with Crippen LogP contribution in [0.3, 0.4) is 0 Å². The molecule has 152 valence electrons. The van der Waals surface area contributed by atoms with E-state index in [9.17, 15) is 4.79 Å². The van der Waals surface area contributed by atoms with E-state index in [-0.39, 0.29) is 5.43 Å². The highest BCUT2D eigenvalue weighted by Crippen LogP contribution is 2.26. The van der Waals surface area contributed by atoms with Crippen LogP contribution in [0.2, 0.25) is 10.0 Å². The van der Waals surface area contributed by atoms with Gasteiger partial charge in [-0.2, -0.15) is 0 Å². The van der Waals surface area contributed by atoms with Crippen LogP contribution in [0.25, 0.3) is 11.0 Å². The number of hydrogen-bond donors (Lipinski definition) is 0. The molecule has 0 atom stereocenters. The van der Waals surface area contributed by atoms with Crippen molar-refractivity contribution in [2.24, 2.45) is 0 Å². The predicted molar refractivity (Wildman–Crippen MR) is 123 cm³/mol. The molecular weight excluding hydrogens is 417 g/mol. The molecule has 0 spiro atoms. The highest BCUT2D eigenvalue weighted by atomic mass is 35.5. The molecule has 0 aliphatic carbocycles. The number of halogens is 2. The number of nitrogens with zero attached hydrogens (tertiary/aromatic N) is 1. The fourth-order valence-corrected chi connectivity index (χ4v) is 4.08. The van der Waals surface area contributed by atoms with Crippen LogP contribution in [0.5, 0.6) is 0 Å². The number of rotatable bonds is 7. The van der Waals surface area contributed by atoms with Gasteiger partial charge in [-0.25, -0.2) is 0 Å². The molecule has 0 aliphatic rings. The molecule has 5 heteroatoms. The van der Waals surface area contributed by atoms with E-state index in [2.05, 4.69) is 29.2 Å². The fraction of sp³-hybridized carbons (Fsp3) is 0.160. The van der Waals surface area contributed by atoms with Gasteiger partial charge in [0.1, 0.15) is 0 Å². The van der Waals surface area contributed by atoms with Crippen LogP contribution in [0, 0.1) is 0 Å². The van der Waals surface area contributed by atoms with Gasteiger partial charge in [-0.3, -0.25) is 9.69 Å². The molecule has 3 aromatic carbocycles. The lowest BCUT2D eigenvalue weighted by Gasteiger charge is -2.22. The SMILES string of the molecule is O=c1c(CN(CCc2ccccc2)Cc2ccccc2)coc2c(Cl)cc(Cl)cc12. The predicted octanol–water partition coefficient (Wildman–Crippen LogP) is 6.34. The van der Waals surface area contributed by atoms with Crippen LogP contribution >= 0.6 is 23.2 Å². The first-order chi connectivity index (χ1) is 14.6. The van der Waals surface area contributed by atoms with Gasteiger partial charge in [-0.1, -0.05) is 83.9 Å². The molecule has 0 aliphatic heterocycles. The Balaban J connectivity index is 1.62. The van der Waals surface area contributed by atoms with Crippen LogP contribution in [0.1, 0.15) is 16.7 Å². The van der Waals surface area contributed by atoms with E-state index < -0.39 is 0 Å². The second-order valence-electron chi connectivity index (χ2n) is 7.29. The first kappa shape index (κ1) is 20.7. The van der Waals surface area contributed by atoms with Crippen LogP contribution < -0.4 is 5.43 Å². The van der Waals surface area contributed by atoms with Gasteiger partial charge in [0.25, 0.3) is 0 Å². The Kier molecular flexibility index (Phi) is 6.53. The van der Waals surface area contributed by atoms with Crippen LogP contribution in [-0.4, -0.2) is 11.4 Å². The topological polar surface area (TPSA) is 33.5 Å². The van der Waals surface area contributed by atoms with Crippen molar-refractivity contribution < 1.29 is 4.42 Å². The maximum Gasteiger partial charge on any atom is 0.197 e. The Labute approximate surface area is 185 Å². The largest absolute Gasteiger partial charge is 0.462 e. The maximum absolute atomic E-state index is 13.1. The summed E-state index contributed by atoms with van der Waals surface area (Å²) >= 11 is 12.3. The molecule has 3 nitrogen and oxygen atoms in total. The first-order valence-electron chi connectivity index (χ1n) is 9.80. The average Bonchev–Trinajstić information content (AvgIpc) is 2.76. The number of fused-ring (bicyclic) bond motifs is 1. The molecule has 0 N–H and O–H groups in total. The number of benzene rings is 3. The lowest BCUT2D eigenvalue weighted by atomic mass is 10.1. The van der Waals surface area contributed by atoms with E-state index in [1.807, 2.05) is 36.4 Å². The van der Waals surface area contributed by atoms with Crippen molar-refractivity contribution >= 4 is 34.2 Å². The Morgan fingerprint density at radius 1 is 0.833 bits per heavy atom. The molecule has 0 fully saturated rings. The Morgan fingerprint density at radius 2 is 1.50 bits per heavy atom. The van der Waals surface area contributed by atoms with Gasteiger partial charge in [0.2, 0.25) is 0 Å². The minimum absolute atomic E-state index is 0.0987. The third-order valence-corrected chi connectivity index (χ3v) is 5.57. The second-order valence-corrected chi connectivity index (χ2v) is 8.13. The lowest BCUT2D eigenvalue weighted by molar-refractivity contribution is 0.257. The molecule has 1 aromatic heterocycles.